The first-order valence-corrected chi connectivity index (χ1v) is 23.4. The van der Waals surface area contributed by atoms with Crippen molar-refractivity contribution in [3.63, 3.8) is 0 Å². The number of benzene rings is 10. The van der Waals surface area contributed by atoms with Gasteiger partial charge in [0.2, 0.25) is 0 Å². The second-order valence-electron chi connectivity index (χ2n) is 18.5. The molecule has 2 atom stereocenters. The largest absolute Gasteiger partial charge is 0.294 e. The van der Waals surface area contributed by atoms with Crippen LogP contribution in [-0.2, 0) is 12.8 Å². The van der Waals surface area contributed by atoms with Crippen molar-refractivity contribution in [1.29, 1.82) is 0 Å². The number of aromatic nitrogens is 2. The Balaban J connectivity index is 0.994. The van der Waals surface area contributed by atoms with Crippen LogP contribution < -0.4 is 0 Å². The van der Waals surface area contributed by atoms with Gasteiger partial charge in [-0.05, 0) is 138 Å². The van der Waals surface area contributed by atoms with E-state index < -0.39 is 0 Å². The van der Waals surface area contributed by atoms with Gasteiger partial charge in [0.05, 0.1) is 16.6 Å². The summed E-state index contributed by atoms with van der Waals surface area (Å²) in [5.41, 5.74) is 20.7. The summed E-state index contributed by atoms with van der Waals surface area (Å²) in [6.45, 7) is 2.29. The Bertz CT molecular complexity index is 3970. The van der Waals surface area contributed by atoms with E-state index in [1.165, 1.54) is 121 Å². The number of rotatable bonds is 4. The normalized spacial score (nSPS) is 15.2. The van der Waals surface area contributed by atoms with Crippen molar-refractivity contribution in [2.75, 3.05) is 0 Å². The molecule has 14 rings (SSSR count). The van der Waals surface area contributed by atoms with Crippen LogP contribution in [0.25, 0.3) is 93.5 Å². The van der Waals surface area contributed by atoms with E-state index in [0.717, 1.165) is 24.2 Å². The standard InChI is InChI=1S/C64H44N2/c1-39-61(45-29-32-51-47-20-8-7-19-43(47)35-54(56(51)38-45)40-15-3-2-4-16-40)53-25-13-14-26-58(53)65-64(39)66-59-33-31-44(36-57(59)63-49-22-10-6-18-42(49)30-34-60(63)66)55-37-46-28-27-41-17-5-9-21-48(41)62(46)52-24-12-11-23-50(52)55/h2-34,36,38,54-55H,35,37H2,1H3. The van der Waals surface area contributed by atoms with Crippen molar-refractivity contribution >= 4 is 54.3 Å². The Kier molecular flexibility index (Phi) is 8.18. The van der Waals surface area contributed by atoms with Crippen LogP contribution in [-0.4, -0.2) is 9.55 Å². The third kappa shape index (κ3) is 5.51. The Hall–Kier alpha value is -8.07. The van der Waals surface area contributed by atoms with Crippen LogP contribution in [0, 0.1) is 6.92 Å². The predicted molar refractivity (Wildman–Crippen MR) is 276 cm³/mol. The van der Waals surface area contributed by atoms with Crippen molar-refractivity contribution in [3.8, 4) is 39.2 Å². The Morgan fingerprint density at radius 3 is 1.97 bits per heavy atom. The first-order valence-electron chi connectivity index (χ1n) is 23.4. The Morgan fingerprint density at radius 2 is 1.09 bits per heavy atom. The molecule has 2 aromatic heterocycles. The highest BCUT2D eigenvalue weighted by Crippen LogP contribution is 2.49. The minimum atomic E-state index is 0.218. The predicted octanol–water partition coefficient (Wildman–Crippen LogP) is 16.3. The lowest BCUT2D eigenvalue weighted by Gasteiger charge is -2.29. The molecular formula is C64H44N2. The quantitative estimate of drug-likeness (QED) is 0.173. The number of pyridine rings is 1. The number of fused-ring (bicyclic) bond motifs is 14. The summed E-state index contributed by atoms with van der Waals surface area (Å²) in [6.07, 6.45) is 1.93. The Labute approximate surface area is 384 Å². The van der Waals surface area contributed by atoms with E-state index in [9.17, 15) is 0 Å². The summed E-state index contributed by atoms with van der Waals surface area (Å²) in [6, 6.07) is 79.4. The molecule has 2 unspecified atom stereocenters. The van der Waals surface area contributed by atoms with Gasteiger partial charge in [0.15, 0.2) is 0 Å². The number of hydrogen-bond acceptors (Lipinski definition) is 1. The van der Waals surface area contributed by atoms with Gasteiger partial charge in [-0.2, -0.15) is 0 Å². The van der Waals surface area contributed by atoms with E-state index in [-0.39, 0.29) is 11.8 Å². The number of para-hydroxylation sites is 1. The third-order valence-corrected chi connectivity index (χ3v) is 15.1. The fourth-order valence-electron chi connectivity index (χ4n) is 12.1. The zero-order chi connectivity index (χ0) is 43.5. The zero-order valence-corrected chi connectivity index (χ0v) is 36.7. The van der Waals surface area contributed by atoms with E-state index in [2.05, 4.69) is 224 Å². The van der Waals surface area contributed by atoms with Crippen molar-refractivity contribution < 1.29 is 0 Å². The fraction of sp³-hybridized carbons (Fsp3) is 0.0781. The average Bonchev–Trinajstić information content (AvgIpc) is 3.72. The minimum absolute atomic E-state index is 0.218. The van der Waals surface area contributed by atoms with Gasteiger partial charge >= 0.3 is 0 Å². The van der Waals surface area contributed by atoms with E-state index in [1.54, 1.807) is 0 Å². The van der Waals surface area contributed by atoms with Crippen LogP contribution >= 0.6 is 0 Å². The highest BCUT2D eigenvalue weighted by atomic mass is 15.1. The lowest BCUT2D eigenvalue weighted by molar-refractivity contribution is 0.794. The van der Waals surface area contributed by atoms with Gasteiger partial charge in [0.25, 0.3) is 0 Å². The van der Waals surface area contributed by atoms with E-state index in [4.69, 9.17) is 4.98 Å². The maximum atomic E-state index is 5.62. The number of hydrogen-bond donors (Lipinski definition) is 0. The van der Waals surface area contributed by atoms with Crippen molar-refractivity contribution in [2.45, 2.75) is 31.6 Å². The van der Waals surface area contributed by atoms with Gasteiger partial charge < -0.3 is 0 Å². The second kappa shape index (κ2) is 14.5. The molecule has 2 heteroatoms. The molecule has 0 bridgehead atoms. The summed E-state index contributed by atoms with van der Waals surface area (Å²) in [5, 5.41) is 8.83. The lowest BCUT2D eigenvalue weighted by atomic mass is 9.74. The molecule has 0 fully saturated rings. The first kappa shape index (κ1) is 37.3. The molecular weight excluding hydrogens is 797 g/mol. The molecule has 310 valence electrons. The summed E-state index contributed by atoms with van der Waals surface area (Å²) in [7, 11) is 0. The molecule has 0 saturated heterocycles. The highest BCUT2D eigenvalue weighted by Gasteiger charge is 2.30. The SMILES string of the molecule is Cc1c(-n2c3ccc(C4Cc5ccc6ccccc6c5-c5ccccc54)cc3c3c4ccccc4ccc32)nc2ccccc2c1-c1ccc2c(c1)C(c1ccccc1)Cc1ccccc1-2. The van der Waals surface area contributed by atoms with Crippen LogP contribution in [0.4, 0.5) is 0 Å². The molecule has 0 spiro atoms. The van der Waals surface area contributed by atoms with Gasteiger partial charge in [-0.15, -0.1) is 0 Å². The van der Waals surface area contributed by atoms with Crippen molar-refractivity contribution in [1.82, 2.24) is 9.55 Å². The molecule has 0 amide bonds. The lowest BCUT2D eigenvalue weighted by Crippen LogP contribution is -2.13. The van der Waals surface area contributed by atoms with Crippen LogP contribution in [0.15, 0.2) is 212 Å². The number of nitrogens with zero attached hydrogens (tertiary/aromatic N) is 2. The molecule has 2 nitrogen and oxygen atoms in total. The van der Waals surface area contributed by atoms with Crippen LogP contribution in [0.1, 0.15) is 50.8 Å². The fourth-order valence-corrected chi connectivity index (χ4v) is 12.1. The van der Waals surface area contributed by atoms with Gasteiger partial charge in [-0.1, -0.05) is 182 Å². The van der Waals surface area contributed by atoms with Gasteiger partial charge in [-0.25, -0.2) is 4.98 Å². The first-order chi connectivity index (χ1) is 32.7. The maximum absolute atomic E-state index is 5.62. The zero-order valence-electron chi connectivity index (χ0n) is 36.7. The molecule has 0 aliphatic heterocycles. The summed E-state index contributed by atoms with van der Waals surface area (Å²) < 4.78 is 2.46. The van der Waals surface area contributed by atoms with Gasteiger partial charge in [0.1, 0.15) is 5.82 Å². The highest BCUT2D eigenvalue weighted by molar-refractivity contribution is 6.21. The molecule has 12 aromatic rings. The van der Waals surface area contributed by atoms with E-state index in [0.29, 0.717) is 0 Å². The molecule has 2 aliphatic carbocycles. The summed E-state index contributed by atoms with van der Waals surface area (Å²) in [5.74, 6) is 1.45. The van der Waals surface area contributed by atoms with Crippen LogP contribution in [0.3, 0.4) is 0 Å². The van der Waals surface area contributed by atoms with E-state index >= 15 is 0 Å². The molecule has 0 radical (unpaired) electrons. The molecule has 2 aliphatic rings. The van der Waals surface area contributed by atoms with Crippen LogP contribution in [0.5, 0.6) is 0 Å². The molecule has 2 heterocycles. The molecule has 66 heavy (non-hydrogen) atoms. The molecule has 0 saturated carbocycles. The van der Waals surface area contributed by atoms with Gasteiger partial charge in [0, 0.05) is 33.6 Å². The topological polar surface area (TPSA) is 17.8 Å². The molecule has 10 aromatic carbocycles. The monoisotopic (exact) mass is 840 g/mol. The van der Waals surface area contributed by atoms with Crippen LogP contribution in [0.2, 0.25) is 0 Å². The van der Waals surface area contributed by atoms with Crippen molar-refractivity contribution in [2.24, 2.45) is 0 Å². The molecule has 0 N–H and O–H groups in total. The second-order valence-corrected chi connectivity index (χ2v) is 18.5. The summed E-state index contributed by atoms with van der Waals surface area (Å²) >= 11 is 0. The minimum Gasteiger partial charge on any atom is -0.294 e. The smallest absolute Gasteiger partial charge is 0.141 e. The Morgan fingerprint density at radius 1 is 0.424 bits per heavy atom. The van der Waals surface area contributed by atoms with E-state index in [1.807, 2.05) is 0 Å². The van der Waals surface area contributed by atoms with Crippen molar-refractivity contribution in [3.05, 3.63) is 251 Å². The van der Waals surface area contributed by atoms with Gasteiger partial charge in [-0.3, -0.25) is 4.57 Å². The average molecular weight is 841 g/mol. The maximum Gasteiger partial charge on any atom is 0.141 e. The third-order valence-electron chi connectivity index (χ3n) is 15.1. The summed E-state index contributed by atoms with van der Waals surface area (Å²) in [4.78, 5) is 5.62.